The molecule has 1 aromatic rings. The third-order valence-electron chi connectivity index (χ3n) is 3.09. The number of aromatic hydroxyl groups is 1. The van der Waals surface area contributed by atoms with Crippen LogP contribution in [-0.4, -0.2) is 28.8 Å². The van der Waals surface area contributed by atoms with Crippen LogP contribution in [-0.2, 0) is 9.68 Å². The van der Waals surface area contributed by atoms with Gasteiger partial charge in [0.2, 0.25) is 0 Å². The molecule has 1 amide bonds. The molecule has 3 N–H and O–H groups in total. The zero-order valence-corrected chi connectivity index (χ0v) is 11.9. The lowest BCUT2D eigenvalue weighted by Crippen LogP contribution is -2.24. The van der Waals surface area contributed by atoms with E-state index >= 15 is 0 Å². The number of carbonyl (C=O) groups is 2. The van der Waals surface area contributed by atoms with Crippen LogP contribution in [0.25, 0.3) is 0 Å². The molecule has 0 radical (unpaired) electrons. The normalized spacial score (nSPS) is 10.1. The van der Waals surface area contributed by atoms with Gasteiger partial charge in [0.15, 0.2) is 0 Å². The first kappa shape index (κ1) is 17.0. The number of para-hydroxylation sites is 1. The van der Waals surface area contributed by atoms with Gasteiger partial charge >= 0.3 is 5.97 Å². The topological polar surface area (TPSA) is 95.9 Å². The summed E-state index contributed by atoms with van der Waals surface area (Å²) in [6, 6.07) is 6.42. The highest BCUT2D eigenvalue weighted by Crippen LogP contribution is 2.15. The lowest BCUT2D eigenvalue weighted by Gasteiger charge is -2.06. The second-order valence-corrected chi connectivity index (χ2v) is 4.75. The van der Waals surface area contributed by atoms with Crippen LogP contribution in [0, 0.1) is 0 Å². The molecule has 6 nitrogen and oxygen atoms in total. The maximum absolute atomic E-state index is 11.8. The molecule has 0 aliphatic carbocycles. The van der Waals surface area contributed by atoms with Crippen LogP contribution >= 0.6 is 0 Å². The van der Waals surface area contributed by atoms with Crippen LogP contribution in [0.2, 0.25) is 0 Å². The fraction of sp³-hybridized carbons (Fsp3) is 0.467. The minimum atomic E-state index is -0.607. The van der Waals surface area contributed by atoms with E-state index in [1.165, 1.54) is 6.07 Å². The molecule has 116 valence electrons. The van der Waals surface area contributed by atoms with E-state index in [0.29, 0.717) is 13.0 Å². The first-order chi connectivity index (χ1) is 10.1. The Morgan fingerprint density at radius 1 is 1.05 bits per heavy atom. The molecule has 0 heterocycles. The Morgan fingerprint density at radius 2 is 1.71 bits per heavy atom. The zero-order valence-electron chi connectivity index (χ0n) is 11.9. The first-order valence-corrected chi connectivity index (χ1v) is 7.05. The maximum Gasteiger partial charge on any atom is 0.342 e. The van der Waals surface area contributed by atoms with Crippen molar-refractivity contribution in [3.8, 4) is 5.75 Å². The first-order valence-electron chi connectivity index (χ1n) is 7.05. The molecule has 0 saturated heterocycles. The van der Waals surface area contributed by atoms with Crippen LogP contribution in [0.3, 0.4) is 0 Å². The smallest absolute Gasteiger partial charge is 0.342 e. The summed E-state index contributed by atoms with van der Waals surface area (Å²) in [6.07, 6.45) is 4.51. The number of nitrogens with one attached hydrogen (secondary N) is 1. The molecule has 21 heavy (non-hydrogen) atoms. The summed E-state index contributed by atoms with van der Waals surface area (Å²) in [6.45, 7) is 0.547. The average Bonchev–Trinajstić information content (AvgIpc) is 2.49. The van der Waals surface area contributed by atoms with Crippen molar-refractivity contribution in [2.75, 3.05) is 6.54 Å². The monoisotopic (exact) mass is 295 g/mol. The van der Waals surface area contributed by atoms with Crippen LogP contribution in [0.4, 0.5) is 0 Å². The molecule has 1 rings (SSSR count). The predicted octanol–water partition coefficient (Wildman–Crippen LogP) is 2.48. The third kappa shape index (κ3) is 6.76. The highest BCUT2D eigenvalue weighted by Gasteiger charge is 2.08. The lowest BCUT2D eigenvalue weighted by molar-refractivity contribution is -0.234. The van der Waals surface area contributed by atoms with E-state index in [0.717, 1.165) is 25.7 Å². The molecule has 1 aromatic carbocycles. The molecular formula is C15H21NO5. The van der Waals surface area contributed by atoms with Crippen molar-refractivity contribution in [2.24, 2.45) is 0 Å². The highest BCUT2D eigenvalue weighted by atomic mass is 17.1. The molecule has 0 spiro atoms. The van der Waals surface area contributed by atoms with Crippen molar-refractivity contribution in [2.45, 2.75) is 38.5 Å². The van der Waals surface area contributed by atoms with Crippen molar-refractivity contribution >= 4 is 11.9 Å². The summed E-state index contributed by atoms with van der Waals surface area (Å²) in [4.78, 5) is 26.0. The molecular weight excluding hydrogens is 274 g/mol. The average molecular weight is 295 g/mol. The van der Waals surface area contributed by atoms with Crippen LogP contribution in [0.5, 0.6) is 5.75 Å². The third-order valence-corrected chi connectivity index (χ3v) is 3.09. The van der Waals surface area contributed by atoms with Crippen molar-refractivity contribution in [3.63, 3.8) is 0 Å². The zero-order chi connectivity index (χ0) is 15.5. The molecule has 0 aromatic heterocycles. The van der Waals surface area contributed by atoms with Gasteiger partial charge in [-0.3, -0.25) is 4.79 Å². The summed E-state index contributed by atoms with van der Waals surface area (Å²) in [5.74, 6) is -0.908. The van der Waals surface area contributed by atoms with Crippen molar-refractivity contribution in [1.82, 2.24) is 5.32 Å². The number of amides is 1. The van der Waals surface area contributed by atoms with E-state index in [4.69, 9.17) is 5.26 Å². The Kier molecular flexibility index (Phi) is 7.89. The number of phenols is 1. The van der Waals surface area contributed by atoms with Crippen LogP contribution in [0.15, 0.2) is 24.3 Å². The molecule has 0 aliphatic rings. The van der Waals surface area contributed by atoms with Crippen molar-refractivity contribution < 1.29 is 24.8 Å². The van der Waals surface area contributed by atoms with Gasteiger partial charge in [-0.1, -0.05) is 31.4 Å². The second-order valence-electron chi connectivity index (χ2n) is 4.75. The number of benzene rings is 1. The van der Waals surface area contributed by atoms with Gasteiger partial charge in [-0.2, -0.15) is 5.26 Å². The number of hydrogen-bond donors (Lipinski definition) is 3. The fourth-order valence-corrected chi connectivity index (χ4v) is 1.93. The van der Waals surface area contributed by atoms with Crippen molar-refractivity contribution in [1.29, 1.82) is 0 Å². The van der Waals surface area contributed by atoms with Gasteiger partial charge in [-0.05, 0) is 25.0 Å². The van der Waals surface area contributed by atoms with E-state index in [2.05, 4.69) is 10.2 Å². The Hall–Kier alpha value is -2.08. The minimum Gasteiger partial charge on any atom is -0.507 e. The quantitative estimate of drug-likeness (QED) is 0.369. The number of unbranched alkanes of at least 4 members (excludes halogenated alkanes) is 4. The SMILES string of the molecule is O=C(CCCCCCCNC(=O)c1ccccc1O)OO. The van der Waals surface area contributed by atoms with E-state index < -0.39 is 5.97 Å². The number of rotatable bonds is 9. The van der Waals surface area contributed by atoms with Crippen LogP contribution < -0.4 is 5.32 Å². The van der Waals surface area contributed by atoms with Crippen LogP contribution in [0.1, 0.15) is 48.9 Å². The van der Waals surface area contributed by atoms with Gasteiger partial charge in [-0.25, -0.2) is 4.79 Å². The van der Waals surface area contributed by atoms with E-state index in [9.17, 15) is 14.7 Å². The highest BCUT2D eigenvalue weighted by molar-refractivity contribution is 5.96. The van der Waals surface area contributed by atoms with Gasteiger partial charge in [0, 0.05) is 13.0 Å². The van der Waals surface area contributed by atoms with E-state index in [1.807, 2.05) is 0 Å². The van der Waals surface area contributed by atoms with E-state index in [-0.39, 0.29) is 23.6 Å². The molecule has 0 bridgehead atoms. The van der Waals surface area contributed by atoms with Gasteiger partial charge in [-0.15, -0.1) is 0 Å². The summed E-state index contributed by atoms with van der Waals surface area (Å²) in [5, 5.41) is 20.3. The van der Waals surface area contributed by atoms with Gasteiger partial charge in [0.25, 0.3) is 5.91 Å². The molecule has 0 atom stereocenters. The standard InChI is InChI=1S/C15H21NO5/c17-13-9-6-5-8-12(13)15(19)16-11-7-3-1-2-4-10-14(18)21-20/h5-6,8-9,17,20H,1-4,7,10-11H2,(H,16,19). The number of carbonyl (C=O) groups excluding carboxylic acids is 2. The van der Waals surface area contributed by atoms with E-state index in [1.54, 1.807) is 18.2 Å². The molecule has 6 heteroatoms. The summed E-state index contributed by atoms with van der Waals surface area (Å²) < 4.78 is 0. The molecule has 0 fully saturated rings. The second kappa shape index (κ2) is 9.77. The molecule has 0 aliphatic heterocycles. The Balaban J connectivity index is 2.06. The Labute approximate surface area is 123 Å². The number of hydrogen-bond acceptors (Lipinski definition) is 5. The summed E-state index contributed by atoms with van der Waals surface area (Å²) >= 11 is 0. The lowest BCUT2D eigenvalue weighted by atomic mass is 10.1. The molecule has 0 saturated carbocycles. The predicted molar refractivity (Wildman–Crippen MR) is 76.9 cm³/mol. The number of phenolic OH excluding ortho intramolecular Hbond substituents is 1. The fourth-order valence-electron chi connectivity index (χ4n) is 1.93. The summed E-state index contributed by atoms with van der Waals surface area (Å²) in [5.41, 5.74) is 0.278. The molecule has 0 unspecified atom stereocenters. The van der Waals surface area contributed by atoms with Gasteiger partial charge in [0.05, 0.1) is 5.56 Å². The minimum absolute atomic E-state index is 0.0224. The summed E-state index contributed by atoms with van der Waals surface area (Å²) in [7, 11) is 0. The van der Waals surface area contributed by atoms with Crippen molar-refractivity contribution in [3.05, 3.63) is 29.8 Å². The Bertz CT molecular complexity index is 461. The van der Waals surface area contributed by atoms with Gasteiger partial charge in [0.1, 0.15) is 5.75 Å². The van der Waals surface area contributed by atoms with Gasteiger partial charge < -0.3 is 15.3 Å². The maximum atomic E-state index is 11.8. The largest absolute Gasteiger partial charge is 0.507 e. The Morgan fingerprint density at radius 3 is 2.43 bits per heavy atom.